The fraction of sp³-hybridized carbons (Fsp3) is 0.118. The van der Waals surface area contributed by atoms with E-state index in [2.05, 4.69) is 41.3 Å². The number of hydrogen-bond donors (Lipinski definition) is 0. The minimum absolute atomic E-state index is 0.0333. The summed E-state index contributed by atoms with van der Waals surface area (Å²) in [4.78, 5) is 13.1. The molecule has 6 heteroatoms. The van der Waals surface area contributed by atoms with Gasteiger partial charge in [0.2, 0.25) is 5.29 Å². The monoisotopic (exact) mass is 363 g/mol. The van der Waals surface area contributed by atoms with E-state index in [1.54, 1.807) is 17.4 Å². The van der Waals surface area contributed by atoms with Gasteiger partial charge in [0.05, 0.1) is 0 Å². The molecule has 0 radical (unpaired) electrons. The van der Waals surface area contributed by atoms with Crippen LogP contribution in [0, 0.1) is 6.92 Å². The Bertz CT molecular complexity index is 832. The Labute approximate surface area is 149 Å². The van der Waals surface area contributed by atoms with Crippen molar-refractivity contribution in [2.45, 2.75) is 6.92 Å². The Balaban J connectivity index is 2.55. The van der Waals surface area contributed by atoms with Gasteiger partial charge in [-0.3, -0.25) is 0 Å². The van der Waals surface area contributed by atoms with E-state index in [0.717, 1.165) is 10.3 Å². The first-order valence-corrected chi connectivity index (χ1v) is 8.47. The van der Waals surface area contributed by atoms with Crippen molar-refractivity contribution < 1.29 is 0 Å². The Hall–Kier alpha value is -1.75. The first-order chi connectivity index (χ1) is 11.1. The number of benzene rings is 1. The van der Waals surface area contributed by atoms with E-state index in [4.69, 9.17) is 23.2 Å². The zero-order valence-corrected chi connectivity index (χ0v) is 14.9. The molecule has 0 aliphatic carbocycles. The van der Waals surface area contributed by atoms with Gasteiger partial charge in [0.1, 0.15) is 6.00 Å². The summed E-state index contributed by atoms with van der Waals surface area (Å²) in [5.74, 6) is 0.438. The van der Waals surface area contributed by atoms with Crippen LogP contribution in [0.4, 0.5) is 0 Å². The summed E-state index contributed by atoms with van der Waals surface area (Å²) in [6, 6.07) is 6.11. The van der Waals surface area contributed by atoms with Crippen LogP contribution in [0.1, 0.15) is 16.0 Å². The maximum Gasteiger partial charge on any atom is 0.223 e. The highest BCUT2D eigenvalue weighted by atomic mass is 35.5. The molecule has 0 fully saturated rings. The Morgan fingerprint density at radius 3 is 2.83 bits per heavy atom. The average Bonchev–Trinajstić information content (AvgIpc) is 2.86. The van der Waals surface area contributed by atoms with Crippen LogP contribution in [0.15, 0.2) is 51.9 Å². The van der Waals surface area contributed by atoms with Crippen molar-refractivity contribution in [1.82, 2.24) is 0 Å². The number of hydrogen-bond acceptors (Lipinski definition) is 2. The molecule has 3 nitrogen and oxygen atoms in total. The van der Waals surface area contributed by atoms with Gasteiger partial charge >= 0.3 is 0 Å². The van der Waals surface area contributed by atoms with Crippen molar-refractivity contribution in [2.75, 3.05) is 6.00 Å². The van der Waals surface area contributed by atoms with Gasteiger partial charge in [-0.2, -0.15) is 4.99 Å². The number of rotatable bonds is 4. The first kappa shape index (κ1) is 17.6. The molecule has 0 unspecified atom stereocenters. The van der Waals surface area contributed by atoms with E-state index in [-0.39, 0.29) is 11.3 Å². The zero-order valence-electron chi connectivity index (χ0n) is 12.6. The highest BCUT2D eigenvalue weighted by molar-refractivity contribution is 7.19. The first-order valence-electron chi connectivity index (χ1n) is 6.74. The summed E-state index contributed by atoms with van der Waals surface area (Å²) in [5, 5.41) is 1.21. The van der Waals surface area contributed by atoms with Gasteiger partial charge in [-0.05, 0) is 42.3 Å². The summed E-state index contributed by atoms with van der Waals surface area (Å²) in [6.07, 6.45) is 5.76. The van der Waals surface area contributed by atoms with Gasteiger partial charge in [-0.1, -0.05) is 36.9 Å². The molecule has 1 heterocycles. The standard InChI is InChI=1S/C17H15Cl2N3S/c1-4-5-6-13-11(2)23-15-9-12(7-8-14(13)15)16(21-10-18)22-17(19)20-3/h4-9H,1,3,10H2,2H3/b6-5-,21-16-,22-17-. The molecule has 23 heavy (non-hydrogen) atoms. The van der Waals surface area contributed by atoms with Crippen molar-refractivity contribution in [3.63, 3.8) is 0 Å². The summed E-state index contributed by atoms with van der Waals surface area (Å²) in [6.45, 7) is 9.15. The molecule has 0 bridgehead atoms. The minimum Gasteiger partial charge on any atom is -0.250 e. The number of fused-ring (bicyclic) bond motifs is 1. The fourth-order valence-electron chi connectivity index (χ4n) is 2.12. The number of nitrogens with zero attached hydrogens (tertiary/aromatic N) is 3. The Morgan fingerprint density at radius 2 is 2.17 bits per heavy atom. The maximum absolute atomic E-state index is 5.83. The number of aryl methyl sites for hydroxylation is 1. The lowest BCUT2D eigenvalue weighted by Crippen LogP contribution is -2.00. The Kier molecular flexibility index (Phi) is 6.28. The predicted octanol–water partition coefficient (Wildman–Crippen LogP) is 5.65. The topological polar surface area (TPSA) is 37.1 Å². The quantitative estimate of drug-likeness (QED) is 0.221. The molecule has 1 aromatic heterocycles. The molecule has 0 saturated carbocycles. The largest absolute Gasteiger partial charge is 0.250 e. The molecule has 0 N–H and O–H groups in total. The van der Waals surface area contributed by atoms with E-state index < -0.39 is 0 Å². The molecule has 0 aliphatic heterocycles. The van der Waals surface area contributed by atoms with Crippen molar-refractivity contribution >= 4 is 68.5 Å². The van der Waals surface area contributed by atoms with E-state index in [1.165, 1.54) is 15.8 Å². The van der Waals surface area contributed by atoms with Crippen molar-refractivity contribution in [3.8, 4) is 0 Å². The van der Waals surface area contributed by atoms with Crippen molar-refractivity contribution in [3.05, 3.63) is 52.9 Å². The van der Waals surface area contributed by atoms with Crippen LogP contribution >= 0.6 is 34.5 Å². The molecular weight excluding hydrogens is 349 g/mol. The number of thiophene rings is 1. The van der Waals surface area contributed by atoms with Crippen LogP contribution in [-0.2, 0) is 0 Å². The van der Waals surface area contributed by atoms with Crippen molar-refractivity contribution in [1.29, 1.82) is 0 Å². The van der Waals surface area contributed by atoms with E-state index in [0.29, 0.717) is 5.84 Å². The second-order valence-electron chi connectivity index (χ2n) is 4.52. The molecule has 0 atom stereocenters. The number of allylic oxidation sites excluding steroid dienone is 2. The van der Waals surface area contributed by atoms with Gasteiger partial charge < -0.3 is 0 Å². The lowest BCUT2D eigenvalue weighted by molar-refractivity contribution is 1.33. The van der Waals surface area contributed by atoms with Gasteiger partial charge in [-0.25, -0.2) is 9.98 Å². The van der Waals surface area contributed by atoms with Crippen molar-refractivity contribution in [2.24, 2.45) is 15.0 Å². The maximum atomic E-state index is 5.83. The molecule has 0 amide bonds. The van der Waals surface area contributed by atoms with Crippen LogP contribution in [0.3, 0.4) is 0 Å². The normalized spacial score (nSPS) is 13.0. The lowest BCUT2D eigenvalue weighted by Gasteiger charge is -2.02. The molecule has 2 aromatic rings. The zero-order chi connectivity index (χ0) is 16.8. The second kappa shape index (κ2) is 8.20. The molecule has 0 saturated heterocycles. The molecule has 0 aliphatic rings. The predicted molar refractivity (Wildman–Crippen MR) is 106 cm³/mol. The second-order valence-corrected chi connectivity index (χ2v) is 6.35. The third-order valence-electron chi connectivity index (χ3n) is 3.11. The summed E-state index contributed by atoms with van der Waals surface area (Å²) in [7, 11) is 0. The SMILES string of the molecule is C=C/C=C\c1c(C)sc2cc(C(=N/CCl)/N=C(/Cl)N=C)ccc12. The summed E-state index contributed by atoms with van der Waals surface area (Å²) < 4.78 is 1.14. The van der Waals surface area contributed by atoms with E-state index in [9.17, 15) is 0 Å². The smallest absolute Gasteiger partial charge is 0.223 e. The van der Waals surface area contributed by atoms with Crippen LogP contribution in [0.25, 0.3) is 16.2 Å². The number of alkyl halides is 1. The third kappa shape index (κ3) is 4.16. The fourth-order valence-corrected chi connectivity index (χ4v) is 3.40. The third-order valence-corrected chi connectivity index (χ3v) is 4.52. The minimum atomic E-state index is 0.0333. The Morgan fingerprint density at radius 1 is 1.39 bits per heavy atom. The number of halogens is 2. The highest BCUT2D eigenvalue weighted by Crippen LogP contribution is 2.32. The van der Waals surface area contributed by atoms with E-state index in [1.807, 2.05) is 24.3 Å². The molecule has 1 aromatic carbocycles. The summed E-state index contributed by atoms with van der Waals surface area (Å²) in [5.41, 5.74) is 2.03. The van der Waals surface area contributed by atoms with Crippen LogP contribution in [0.5, 0.6) is 0 Å². The lowest BCUT2D eigenvalue weighted by atomic mass is 10.1. The molecular formula is C17H15Cl2N3S. The van der Waals surface area contributed by atoms with Crippen LogP contribution in [0.2, 0.25) is 0 Å². The molecule has 118 valence electrons. The number of amidine groups is 2. The van der Waals surface area contributed by atoms with Gasteiger partial charge in [0.25, 0.3) is 0 Å². The summed E-state index contributed by atoms with van der Waals surface area (Å²) >= 11 is 13.3. The van der Waals surface area contributed by atoms with Gasteiger partial charge in [0.15, 0.2) is 5.84 Å². The van der Waals surface area contributed by atoms with Crippen LogP contribution in [-0.4, -0.2) is 23.9 Å². The number of aliphatic imine (C=N–C) groups is 3. The molecule has 2 rings (SSSR count). The van der Waals surface area contributed by atoms with E-state index >= 15 is 0 Å². The van der Waals surface area contributed by atoms with Gasteiger partial charge in [0, 0.05) is 15.1 Å². The van der Waals surface area contributed by atoms with Gasteiger partial charge in [-0.15, -0.1) is 22.9 Å². The molecule has 0 spiro atoms. The highest BCUT2D eigenvalue weighted by Gasteiger charge is 2.10. The average molecular weight is 364 g/mol. The van der Waals surface area contributed by atoms with Crippen LogP contribution < -0.4 is 0 Å².